The Morgan fingerprint density at radius 3 is 2.84 bits per heavy atom. The second-order valence-corrected chi connectivity index (χ2v) is 6.14. The molecule has 0 aliphatic carbocycles. The molecule has 1 aromatic heterocycles. The van der Waals surface area contributed by atoms with E-state index in [2.05, 4.69) is 10.3 Å². The fourth-order valence-corrected chi connectivity index (χ4v) is 3.00. The van der Waals surface area contributed by atoms with Gasteiger partial charge in [0.05, 0.1) is 11.2 Å². The minimum atomic E-state index is -0.146. The Balaban J connectivity index is 2.02. The molecular weight excluding hydrogens is 279 g/mol. The summed E-state index contributed by atoms with van der Waals surface area (Å²) < 4.78 is 13.7. The summed E-state index contributed by atoms with van der Waals surface area (Å²) in [6.45, 7) is 4.82. The lowest BCUT2D eigenvalue weighted by atomic mass is 10.1. The van der Waals surface area contributed by atoms with Gasteiger partial charge in [0, 0.05) is 22.4 Å². The second-order valence-electron chi connectivity index (χ2n) is 4.36. The fraction of sp³-hybridized carbons (Fsp3) is 0.357. The summed E-state index contributed by atoms with van der Waals surface area (Å²) in [6, 6.07) is 5.55. The molecule has 0 amide bonds. The molecule has 102 valence electrons. The first kappa shape index (κ1) is 14.5. The van der Waals surface area contributed by atoms with Gasteiger partial charge in [-0.3, -0.25) is 0 Å². The molecule has 0 unspecified atom stereocenters. The van der Waals surface area contributed by atoms with Crippen molar-refractivity contribution >= 4 is 23.1 Å². The first-order chi connectivity index (χ1) is 9.11. The van der Waals surface area contributed by atoms with Gasteiger partial charge in [-0.2, -0.15) is 0 Å². The minimum Gasteiger partial charge on any atom is -0.305 e. The third kappa shape index (κ3) is 3.55. The van der Waals surface area contributed by atoms with Crippen LogP contribution in [0, 0.1) is 12.7 Å². The van der Waals surface area contributed by atoms with Gasteiger partial charge in [-0.15, -0.1) is 23.1 Å². The normalized spacial score (nSPS) is 12.6. The predicted molar refractivity (Wildman–Crippen MR) is 80.3 cm³/mol. The zero-order valence-corrected chi connectivity index (χ0v) is 12.9. The monoisotopic (exact) mass is 296 g/mol. The van der Waals surface area contributed by atoms with Crippen molar-refractivity contribution < 1.29 is 4.39 Å². The van der Waals surface area contributed by atoms with Gasteiger partial charge in [-0.25, -0.2) is 9.37 Å². The molecule has 0 aliphatic heterocycles. The Morgan fingerprint density at radius 2 is 2.26 bits per heavy atom. The van der Waals surface area contributed by atoms with E-state index in [0.717, 1.165) is 17.8 Å². The Kier molecular flexibility index (Phi) is 4.96. The third-order valence-corrected chi connectivity index (χ3v) is 4.80. The highest BCUT2D eigenvalue weighted by molar-refractivity contribution is 7.98. The fourth-order valence-electron chi connectivity index (χ4n) is 1.81. The summed E-state index contributed by atoms with van der Waals surface area (Å²) in [6.07, 6.45) is 1.88. The maximum absolute atomic E-state index is 13.7. The van der Waals surface area contributed by atoms with Crippen molar-refractivity contribution in [3.8, 4) is 0 Å². The third-order valence-electron chi connectivity index (χ3n) is 3.09. The molecule has 1 N–H and O–H groups in total. The van der Waals surface area contributed by atoms with Crippen molar-refractivity contribution in [2.45, 2.75) is 31.3 Å². The van der Waals surface area contributed by atoms with Gasteiger partial charge >= 0.3 is 0 Å². The molecule has 0 fully saturated rings. The van der Waals surface area contributed by atoms with E-state index < -0.39 is 0 Å². The van der Waals surface area contributed by atoms with Crippen molar-refractivity contribution in [3.05, 3.63) is 45.7 Å². The Labute approximate surface area is 121 Å². The van der Waals surface area contributed by atoms with E-state index in [1.165, 1.54) is 16.6 Å². The summed E-state index contributed by atoms with van der Waals surface area (Å²) in [5.41, 5.74) is 3.88. The topological polar surface area (TPSA) is 24.9 Å². The van der Waals surface area contributed by atoms with Crippen LogP contribution >= 0.6 is 23.1 Å². The number of nitrogens with one attached hydrogen (secondary N) is 1. The molecule has 0 radical (unpaired) electrons. The average Bonchev–Trinajstić information content (AvgIpc) is 2.81. The zero-order chi connectivity index (χ0) is 13.8. The van der Waals surface area contributed by atoms with Crippen LogP contribution in [0.2, 0.25) is 0 Å². The second kappa shape index (κ2) is 6.50. The molecule has 5 heteroatoms. The molecule has 1 aromatic carbocycles. The standard InChI is InChI=1S/C14H17FN2S2/c1-9(16-7-14-10(2)17-8-19-14)11-4-5-13(18-3)12(15)6-11/h4-6,8-9,16H,7H2,1-3H3/t9-/m0/s1. The first-order valence-electron chi connectivity index (χ1n) is 6.07. The van der Waals surface area contributed by atoms with Crippen LogP contribution in [0.4, 0.5) is 4.39 Å². The van der Waals surface area contributed by atoms with Crippen molar-refractivity contribution in [1.82, 2.24) is 10.3 Å². The summed E-state index contributed by atoms with van der Waals surface area (Å²) in [5, 5.41) is 3.40. The number of thiazole rings is 1. The molecule has 2 aromatic rings. The molecular formula is C14H17FN2S2. The van der Waals surface area contributed by atoms with Crippen molar-refractivity contribution in [1.29, 1.82) is 0 Å². The van der Waals surface area contributed by atoms with Crippen LogP contribution in [0.3, 0.4) is 0 Å². The lowest BCUT2D eigenvalue weighted by molar-refractivity contribution is 0.560. The van der Waals surface area contributed by atoms with Crippen molar-refractivity contribution in [2.75, 3.05) is 6.26 Å². The zero-order valence-electron chi connectivity index (χ0n) is 11.2. The van der Waals surface area contributed by atoms with Crippen LogP contribution in [0.5, 0.6) is 0 Å². The van der Waals surface area contributed by atoms with Gasteiger partial charge in [0.2, 0.25) is 0 Å². The molecule has 2 nitrogen and oxygen atoms in total. The van der Waals surface area contributed by atoms with E-state index in [4.69, 9.17) is 0 Å². The molecule has 19 heavy (non-hydrogen) atoms. The summed E-state index contributed by atoms with van der Waals surface area (Å²) in [5.74, 6) is -0.146. The molecule has 0 bridgehead atoms. The van der Waals surface area contributed by atoms with Crippen LogP contribution in [0.1, 0.15) is 29.1 Å². The van der Waals surface area contributed by atoms with Crippen LogP contribution in [0.15, 0.2) is 28.6 Å². The van der Waals surface area contributed by atoms with Gasteiger partial charge < -0.3 is 5.32 Å². The predicted octanol–water partition coefficient (Wildman–Crippen LogP) is 4.16. The molecule has 0 saturated heterocycles. The van der Waals surface area contributed by atoms with Crippen LogP contribution in [0.25, 0.3) is 0 Å². The lowest BCUT2D eigenvalue weighted by Gasteiger charge is -2.14. The number of rotatable bonds is 5. The van der Waals surface area contributed by atoms with E-state index in [9.17, 15) is 4.39 Å². The molecule has 0 spiro atoms. The number of benzene rings is 1. The number of nitrogens with zero attached hydrogens (tertiary/aromatic N) is 1. The maximum atomic E-state index is 13.7. The summed E-state index contributed by atoms with van der Waals surface area (Å²) in [4.78, 5) is 6.14. The SMILES string of the molecule is CSc1ccc([C@H](C)NCc2scnc2C)cc1F. The summed E-state index contributed by atoms with van der Waals surface area (Å²) in [7, 11) is 0. The van der Waals surface area contributed by atoms with E-state index in [1.807, 2.05) is 37.7 Å². The molecule has 1 atom stereocenters. The Bertz CT molecular complexity index is 554. The van der Waals surface area contributed by atoms with Gasteiger partial charge in [-0.05, 0) is 37.8 Å². The quantitative estimate of drug-likeness (QED) is 0.839. The first-order valence-corrected chi connectivity index (χ1v) is 8.18. The lowest BCUT2D eigenvalue weighted by Crippen LogP contribution is -2.18. The summed E-state index contributed by atoms with van der Waals surface area (Å²) >= 11 is 3.07. The number of hydrogen-bond acceptors (Lipinski definition) is 4. The van der Waals surface area contributed by atoms with Crippen LogP contribution in [-0.2, 0) is 6.54 Å². The number of thioether (sulfide) groups is 1. The highest BCUT2D eigenvalue weighted by atomic mass is 32.2. The van der Waals surface area contributed by atoms with Crippen molar-refractivity contribution in [3.63, 3.8) is 0 Å². The highest BCUT2D eigenvalue weighted by Gasteiger charge is 2.10. The Hall–Kier alpha value is -0.910. The molecule has 2 rings (SSSR count). The molecule has 1 heterocycles. The van der Waals surface area contributed by atoms with E-state index in [1.54, 1.807) is 17.4 Å². The van der Waals surface area contributed by atoms with Crippen LogP contribution in [-0.4, -0.2) is 11.2 Å². The molecule has 0 saturated carbocycles. The number of aromatic nitrogens is 1. The largest absolute Gasteiger partial charge is 0.305 e. The Morgan fingerprint density at radius 1 is 1.47 bits per heavy atom. The van der Waals surface area contributed by atoms with E-state index in [0.29, 0.717) is 4.90 Å². The van der Waals surface area contributed by atoms with Gasteiger partial charge in [-0.1, -0.05) is 6.07 Å². The van der Waals surface area contributed by atoms with Gasteiger partial charge in [0.25, 0.3) is 0 Å². The number of hydrogen-bond donors (Lipinski definition) is 1. The van der Waals surface area contributed by atoms with Gasteiger partial charge in [0.15, 0.2) is 0 Å². The van der Waals surface area contributed by atoms with Crippen LogP contribution < -0.4 is 5.32 Å². The minimum absolute atomic E-state index is 0.118. The number of aryl methyl sites for hydroxylation is 1. The van der Waals surface area contributed by atoms with E-state index >= 15 is 0 Å². The van der Waals surface area contributed by atoms with E-state index in [-0.39, 0.29) is 11.9 Å². The highest BCUT2D eigenvalue weighted by Crippen LogP contribution is 2.23. The molecule has 0 aliphatic rings. The average molecular weight is 296 g/mol. The maximum Gasteiger partial charge on any atom is 0.137 e. The smallest absolute Gasteiger partial charge is 0.137 e. The number of halogens is 1. The van der Waals surface area contributed by atoms with Crippen molar-refractivity contribution in [2.24, 2.45) is 0 Å². The van der Waals surface area contributed by atoms with Gasteiger partial charge in [0.1, 0.15) is 5.82 Å².